The van der Waals surface area contributed by atoms with Crippen molar-refractivity contribution in [1.82, 2.24) is 0 Å². The third-order valence-corrected chi connectivity index (χ3v) is 3.65. The van der Waals surface area contributed by atoms with Crippen molar-refractivity contribution in [2.24, 2.45) is 5.92 Å². The molecule has 0 saturated carbocycles. The highest BCUT2D eigenvalue weighted by atomic mass is 35.5. The molecule has 88 valence electrons. The maximum Gasteiger partial charge on any atom is 0.309 e. The van der Waals surface area contributed by atoms with Crippen LogP contribution in [0.2, 0.25) is 5.02 Å². The van der Waals surface area contributed by atoms with E-state index in [4.69, 9.17) is 17.3 Å². The highest BCUT2D eigenvalue weighted by molar-refractivity contribution is 7.99. The van der Waals surface area contributed by atoms with Crippen molar-refractivity contribution < 1.29 is 9.53 Å². The second-order valence-electron chi connectivity index (χ2n) is 3.42. The number of methoxy groups -OCH3 is 1. The highest BCUT2D eigenvalue weighted by Crippen LogP contribution is 2.29. The Kier molecular flexibility index (Phi) is 4.96. The third-order valence-electron chi connectivity index (χ3n) is 2.06. The van der Waals surface area contributed by atoms with Gasteiger partial charge in [0.15, 0.2) is 0 Å². The van der Waals surface area contributed by atoms with Gasteiger partial charge in [-0.05, 0) is 18.2 Å². The van der Waals surface area contributed by atoms with Crippen LogP contribution >= 0.6 is 23.4 Å². The van der Waals surface area contributed by atoms with Crippen molar-refractivity contribution in [1.29, 1.82) is 0 Å². The zero-order chi connectivity index (χ0) is 12.1. The van der Waals surface area contributed by atoms with E-state index in [2.05, 4.69) is 4.74 Å². The summed E-state index contributed by atoms with van der Waals surface area (Å²) in [5, 5.41) is 0.614. The number of carbonyl (C=O) groups is 1. The van der Waals surface area contributed by atoms with E-state index in [-0.39, 0.29) is 11.9 Å². The molecule has 0 saturated heterocycles. The number of hydrogen-bond donors (Lipinski definition) is 1. The van der Waals surface area contributed by atoms with Gasteiger partial charge in [-0.3, -0.25) is 4.79 Å². The molecule has 0 amide bonds. The van der Waals surface area contributed by atoms with Crippen molar-refractivity contribution in [2.75, 3.05) is 18.6 Å². The number of rotatable bonds is 4. The average molecular weight is 260 g/mol. The van der Waals surface area contributed by atoms with Gasteiger partial charge in [0.05, 0.1) is 13.0 Å². The Morgan fingerprint density at radius 3 is 2.88 bits per heavy atom. The zero-order valence-electron chi connectivity index (χ0n) is 9.20. The van der Waals surface area contributed by atoms with Crippen LogP contribution in [0.5, 0.6) is 0 Å². The van der Waals surface area contributed by atoms with E-state index in [1.54, 1.807) is 12.1 Å². The number of anilines is 1. The SMILES string of the molecule is COC(=O)C(C)CSc1ccc(Cl)cc1N. The lowest BCUT2D eigenvalue weighted by atomic mass is 10.2. The summed E-state index contributed by atoms with van der Waals surface area (Å²) in [7, 11) is 1.39. The predicted molar refractivity (Wildman–Crippen MR) is 67.8 cm³/mol. The lowest BCUT2D eigenvalue weighted by Crippen LogP contribution is -2.14. The molecule has 2 N–H and O–H groups in total. The summed E-state index contributed by atoms with van der Waals surface area (Å²) in [6, 6.07) is 5.34. The fraction of sp³-hybridized carbons (Fsp3) is 0.364. The van der Waals surface area contributed by atoms with Gasteiger partial charge in [0.2, 0.25) is 0 Å². The number of halogens is 1. The summed E-state index contributed by atoms with van der Waals surface area (Å²) in [5.74, 6) is 0.281. The second kappa shape index (κ2) is 6.01. The molecule has 0 aliphatic carbocycles. The second-order valence-corrected chi connectivity index (χ2v) is 4.92. The summed E-state index contributed by atoms with van der Waals surface area (Å²) in [4.78, 5) is 12.1. The largest absolute Gasteiger partial charge is 0.469 e. The number of hydrogen-bond acceptors (Lipinski definition) is 4. The number of nitrogens with two attached hydrogens (primary N) is 1. The minimum absolute atomic E-state index is 0.148. The number of nitrogen functional groups attached to an aromatic ring is 1. The van der Waals surface area contributed by atoms with Crippen LogP contribution in [-0.4, -0.2) is 18.8 Å². The first kappa shape index (κ1) is 13.2. The van der Waals surface area contributed by atoms with Crippen molar-refractivity contribution in [2.45, 2.75) is 11.8 Å². The Morgan fingerprint density at radius 1 is 1.62 bits per heavy atom. The van der Waals surface area contributed by atoms with Crippen LogP contribution in [0.15, 0.2) is 23.1 Å². The van der Waals surface area contributed by atoms with Crippen LogP contribution in [0, 0.1) is 5.92 Å². The van der Waals surface area contributed by atoms with Crippen molar-refractivity contribution in [3.8, 4) is 0 Å². The minimum Gasteiger partial charge on any atom is -0.469 e. The van der Waals surface area contributed by atoms with Crippen LogP contribution in [-0.2, 0) is 9.53 Å². The predicted octanol–water partition coefficient (Wildman–Crippen LogP) is 2.82. The average Bonchev–Trinajstić information content (AvgIpc) is 2.26. The van der Waals surface area contributed by atoms with Gasteiger partial charge in [0.1, 0.15) is 0 Å². The Balaban J connectivity index is 2.58. The van der Waals surface area contributed by atoms with E-state index in [1.165, 1.54) is 18.9 Å². The molecule has 0 radical (unpaired) electrons. The van der Waals surface area contributed by atoms with Gasteiger partial charge < -0.3 is 10.5 Å². The molecular weight excluding hydrogens is 246 g/mol. The van der Waals surface area contributed by atoms with Crippen LogP contribution in [0.4, 0.5) is 5.69 Å². The summed E-state index contributed by atoms with van der Waals surface area (Å²) >= 11 is 7.31. The van der Waals surface area contributed by atoms with Gasteiger partial charge in [-0.1, -0.05) is 18.5 Å². The fourth-order valence-electron chi connectivity index (χ4n) is 1.13. The number of thioether (sulfide) groups is 1. The van der Waals surface area contributed by atoms with Crippen LogP contribution < -0.4 is 5.73 Å². The van der Waals surface area contributed by atoms with Gasteiger partial charge in [0.25, 0.3) is 0 Å². The van der Waals surface area contributed by atoms with Crippen LogP contribution in [0.3, 0.4) is 0 Å². The molecule has 1 rings (SSSR count). The van der Waals surface area contributed by atoms with Gasteiger partial charge in [-0.15, -0.1) is 11.8 Å². The van der Waals surface area contributed by atoms with Gasteiger partial charge in [-0.2, -0.15) is 0 Å². The molecule has 3 nitrogen and oxygen atoms in total. The molecule has 1 atom stereocenters. The molecule has 0 spiro atoms. The maximum atomic E-state index is 11.2. The van der Waals surface area contributed by atoms with Crippen molar-refractivity contribution >= 4 is 35.0 Å². The van der Waals surface area contributed by atoms with Crippen LogP contribution in [0.25, 0.3) is 0 Å². The van der Waals surface area contributed by atoms with E-state index >= 15 is 0 Å². The van der Waals surface area contributed by atoms with Crippen LogP contribution in [0.1, 0.15) is 6.92 Å². The number of ether oxygens (including phenoxy) is 1. The highest BCUT2D eigenvalue weighted by Gasteiger charge is 2.13. The summed E-state index contributed by atoms with van der Waals surface area (Å²) < 4.78 is 4.65. The lowest BCUT2D eigenvalue weighted by molar-refractivity contribution is -0.143. The van der Waals surface area contributed by atoms with Gasteiger partial charge in [-0.25, -0.2) is 0 Å². The van der Waals surface area contributed by atoms with Crippen molar-refractivity contribution in [3.05, 3.63) is 23.2 Å². The van der Waals surface area contributed by atoms with Crippen molar-refractivity contribution in [3.63, 3.8) is 0 Å². The zero-order valence-corrected chi connectivity index (χ0v) is 10.8. The smallest absolute Gasteiger partial charge is 0.309 e. The van der Waals surface area contributed by atoms with E-state index < -0.39 is 0 Å². The molecule has 0 aromatic heterocycles. The van der Waals surface area contributed by atoms with Gasteiger partial charge in [0, 0.05) is 21.4 Å². The number of carbonyl (C=O) groups excluding carboxylic acids is 1. The minimum atomic E-state index is -0.208. The molecule has 5 heteroatoms. The third kappa shape index (κ3) is 3.61. The molecule has 1 unspecified atom stereocenters. The number of esters is 1. The molecular formula is C11H14ClNO2S. The van der Waals surface area contributed by atoms with E-state index in [0.717, 1.165) is 4.90 Å². The number of benzene rings is 1. The molecule has 0 bridgehead atoms. The quantitative estimate of drug-likeness (QED) is 0.513. The molecule has 0 heterocycles. The molecule has 1 aromatic carbocycles. The normalized spacial score (nSPS) is 12.2. The summed E-state index contributed by atoms with van der Waals surface area (Å²) in [6.45, 7) is 1.82. The molecule has 0 aliphatic rings. The van der Waals surface area contributed by atoms with Gasteiger partial charge >= 0.3 is 5.97 Å². The Labute approximate surface area is 104 Å². The maximum absolute atomic E-state index is 11.2. The molecule has 16 heavy (non-hydrogen) atoms. The first-order chi connectivity index (χ1) is 7.54. The Morgan fingerprint density at radius 2 is 2.31 bits per heavy atom. The summed E-state index contributed by atoms with van der Waals surface area (Å²) in [5.41, 5.74) is 6.43. The Bertz CT molecular complexity index is 384. The van der Waals surface area contributed by atoms with E-state index in [9.17, 15) is 4.79 Å². The standard InChI is InChI=1S/C11H14ClNO2S/c1-7(11(14)15-2)6-16-10-4-3-8(12)5-9(10)13/h3-5,7H,6,13H2,1-2H3. The fourth-order valence-corrected chi connectivity index (χ4v) is 2.27. The molecule has 0 fully saturated rings. The van der Waals surface area contributed by atoms with E-state index in [0.29, 0.717) is 16.5 Å². The monoisotopic (exact) mass is 259 g/mol. The lowest BCUT2D eigenvalue weighted by Gasteiger charge is -2.10. The Hall–Kier alpha value is -0.870. The molecule has 0 aliphatic heterocycles. The van der Waals surface area contributed by atoms with E-state index in [1.807, 2.05) is 13.0 Å². The topological polar surface area (TPSA) is 52.3 Å². The summed E-state index contributed by atoms with van der Waals surface area (Å²) in [6.07, 6.45) is 0. The first-order valence-corrected chi connectivity index (χ1v) is 6.16. The molecule has 1 aromatic rings. The first-order valence-electron chi connectivity index (χ1n) is 4.80.